The summed E-state index contributed by atoms with van der Waals surface area (Å²) in [6.07, 6.45) is 0. The number of rotatable bonds is 4. The Hall–Kier alpha value is -7.42. The van der Waals surface area contributed by atoms with E-state index in [1.165, 1.54) is 84.1 Å². The average Bonchev–Trinajstić information content (AvgIpc) is 3.98. The molecule has 14 rings (SSSR count). The molecule has 2 nitrogen and oxygen atoms in total. The molecule has 0 saturated carbocycles. The Bertz CT molecular complexity index is 4130. The van der Waals surface area contributed by atoms with Gasteiger partial charge in [0.2, 0.25) is 0 Å². The molecule has 0 saturated heterocycles. The van der Waals surface area contributed by atoms with E-state index in [9.17, 15) is 10.0 Å². The lowest BCUT2D eigenvalue weighted by Crippen LogP contribution is -2.31. The second-order valence-electron chi connectivity index (χ2n) is 17.4. The van der Waals surface area contributed by atoms with Gasteiger partial charge < -0.3 is 10.0 Å². The number of halogens is 1. The van der Waals surface area contributed by atoms with Gasteiger partial charge in [-0.15, -0.1) is 22.7 Å². The highest BCUT2D eigenvalue weighted by Gasteiger charge is 2.22. The van der Waals surface area contributed by atoms with Gasteiger partial charge in [0.15, 0.2) is 0 Å². The molecule has 0 aliphatic carbocycles. The van der Waals surface area contributed by atoms with Crippen LogP contribution in [0.4, 0.5) is 0 Å². The summed E-state index contributed by atoms with van der Waals surface area (Å²) in [5.74, 6) is 0. The smallest absolute Gasteiger partial charge is 0.423 e. The molecule has 332 valence electrons. The number of hydrogen-bond acceptors (Lipinski definition) is 4. The van der Waals surface area contributed by atoms with Gasteiger partial charge in [0, 0.05) is 44.8 Å². The Morgan fingerprint density at radius 1 is 0.271 bits per heavy atom. The minimum absolute atomic E-state index is 0.566. The summed E-state index contributed by atoms with van der Waals surface area (Å²) in [6.45, 7) is 0. The Morgan fingerprint density at radius 2 is 0.586 bits per heavy atom. The number of thiophene rings is 2. The first-order chi connectivity index (χ1) is 34.5. The Balaban J connectivity index is 0.000000118. The van der Waals surface area contributed by atoms with Gasteiger partial charge >= 0.3 is 7.12 Å². The zero-order valence-electron chi connectivity index (χ0n) is 37.8. The van der Waals surface area contributed by atoms with Crippen LogP contribution in [0.2, 0.25) is 0 Å². The second-order valence-corrected chi connectivity index (χ2v) is 20.5. The molecule has 2 N–H and O–H groups in total. The molecule has 0 spiro atoms. The highest BCUT2D eigenvalue weighted by atomic mass is 79.9. The van der Waals surface area contributed by atoms with Crippen LogP contribution in [-0.4, -0.2) is 17.2 Å². The quantitative estimate of drug-likeness (QED) is 0.136. The molecule has 0 radical (unpaired) electrons. The van der Waals surface area contributed by atoms with E-state index >= 15 is 0 Å². The Kier molecular flexibility index (Phi) is 11.8. The zero-order valence-corrected chi connectivity index (χ0v) is 41.0. The maximum atomic E-state index is 9.94. The van der Waals surface area contributed by atoms with Crippen LogP contribution in [0.15, 0.2) is 247 Å². The van der Waals surface area contributed by atoms with Crippen molar-refractivity contribution in [1.29, 1.82) is 0 Å². The molecule has 0 unspecified atom stereocenters. The van der Waals surface area contributed by atoms with Crippen molar-refractivity contribution in [3.63, 3.8) is 0 Å². The van der Waals surface area contributed by atoms with Gasteiger partial charge in [0.1, 0.15) is 0 Å². The van der Waals surface area contributed by atoms with E-state index in [0.717, 1.165) is 37.1 Å². The molecule has 0 aliphatic rings. The van der Waals surface area contributed by atoms with Gasteiger partial charge in [0.25, 0.3) is 0 Å². The van der Waals surface area contributed by atoms with E-state index in [2.05, 4.69) is 192 Å². The van der Waals surface area contributed by atoms with Crippen molar-refractivity contribution < 1.29 is 10.0 Å². The lowest BCUT2D eigenvalue weighted by Gasteiger charge is -2.17. The van der Waals surface area contributed by atoms with Crippen LogP contribution in [0, 0.1) is 0 Å². The van der Waals surface area contributed by atoms with Gasteiger partial charge in [-0.3, -0.25) is 0 Å². The van der Waals surface area contributed by atoms with Crippen molar-refractivity contribution in [2.75, 3.05) is 0 Å². The molecule has 0 atom stereocenters. The van der Waals surface area contributed by atoms with Crippen molar-refractivity contribution >= 4 is 135 Å². The van der Waals surface area contributed by atoms with Crippen LogP contribution in [-0.2, 0) is 0 Å². The first-order valence-corrected chi connectivity index (χ1v) is 25.7. The highest BCUT2D eigenvalue weighted by Crippen LogP contribution is 2.45. The van der Waals surface area contributed by atoms with E-state index < -0.39 is 7.12 Å². The molecule has 0 aliphatic heterocycles. The van der Waals surface area contributed by atoms with E-state index in [1.54, 1.807) is 0 Å². The summed E-state index contributed by atoms with van der Waals surface area (Å²) >= 11 is 7.23. The fourth-order valence-electron chi connectivity index (χ4n) is 10.3. The van der Waals surface area contributed by atoms with Crippen molar-refractivity contribution in [3.05, 3.63) is 247 Å². The molecular weight excluding hydrogens is 956 g/mol. The van der Waals surface area contributed by atoms with E-state index in [4.69, 9.17) is 0 Å². The molecule has 6 heteroatoms. The SMILES string of the molecule is Brc1ccc2sc3ccccc3c2c1.OB(O)c1c2ccccc2c(-c2ccccc2)c2ccccc12.c1ccc(-c2c3ccccc3c(-c3ccc4sc5ccccc5c4c3)c3ccccc23)cc1. The lowest BCUT2D eigenvalue weighted by molar-refractivity contribution is 0.426. The molecule has 0 bridgehead atoms. The summed E-state index contributed by atoms with van der Waals surface area (Å²) in [7, 11) is -1.50. The van der Waals surface area contributed by atoms with Crippen LogP contribution >= 0.6 is 38.6 Å². The number of fused-ring (bicyclic) bond motifs is 10. The topological polar surface area (TPSA) is 40.5 Å². The van der Waals surface area contributed by atoms with E-state index in [-0.39, 0.29) is 0 Å². The third-order valence-electron chi connectivity index (χ3n) is 13.3. The summed E-state index contributed by atoms with van der Waals surface area (Å²) in [5, 5.41) is 34.3. The van der Waals surface area contributed by atoms with E-state index in [1.807, 2.05) is 89.4 Å². The third kappa shape index (κ3) is 7.94. The predicted molar refractivity (Wildman–Crippen MR) is 309 cm³/mol. The fraction of sp³-hybridized carbons (Fsp3) is 0. The Morgan fingerprint density at radius 3 is 1.01 bits per heavy atom. The summed E-state index contributed by atoms with van der Waals surface area (Å²) in [5.41, 5.74) is 7.98. The van der Waals surface area contributed by atoms with E-state index in [0.29, 0.717) is 5.46 Å². The highest BCUT2D eigenvalue weighted by molar-refractivity contribution is 9.10. The number of benzene rings is 12. The van der Waals surface area contributed by atoms with Crippen molar-refractivity contribution in [3.8, 4) is 33.4 Å². The molecule has 0 fully saturated rings. The van der Waals surface area contributed by atoms with Gasteiger partial charge in [-0.05, 0) is 124 Å². The zero-order chi connectivity index (χ0) is 47.1. The summed E-state index contributed by atoms with van der Waals surface area (Å²) in [4.78, 5) is 0. The first kappa shape index (κ1) is 43.8. The number of hydrogen-bond donors (Lipinski definition) is 2. The van der Waals surface area contributed by atoms with Crippen molar-refractivity contribution in [2.24, 2.45) is 0 Å². The largest absolute Gasteiger partial charge is 0.489 e. The molecule has 14 aromatic rings. The maximum Gasteiger partial charge on any atom is 0.489 e. The lowest BCUT2D eigenvalue weighted by atomic mass is 9.72. The van der Waals surface area contributed by atoms with Crippen LogP contribution in [0.1, 0.15) is 0 Å². The maximum absolute atomic E-state index is 9.94. The van der Waals surface area contributed by atoms with Crippen LogP contribution < -0.4 is 5.46 Å². The fourth-order valence-corrected chi connectivity index (χ4v) is 12.8. The average molecular weight is 998 g/mol. The minimum atomic E-state index is -1.50. The molecule has 12 aromatic carbocycles. The standard InChI is InChI=1S/C32H20S.C20H15BO2.C12H7BrS/c1-2-10-21(11-3-1)31-24-13-4-6-15-26(24)32(27-16-7-5-14-25(27)31)22-18-19-30-28(20-22)23-12-8-9-17-29(23)33-30;22-21(23)20-17-12-6-4-10-15(17)19(14-8-2-1-3-9-14)16-11-5-7-13-18(16)20;13-8-5-6-12-10(7-8)9-3-1-2-4-11(9)14-12/h1-20H;1-13,22-23H;1-7H. The minimum Gasteiger partial charge on any atom is -0.423 e. The monoisotopic (exact) mass is 996 g/mol. The van der Waals surface area contributed by atoms with Crippen LogP contribution in [0.5, 0.6) is 0 Å². The van der Waals surface area contributed by atoms with Gasteiger partial charge in [-0.1, -0.05) is 216 Å². The molecule has 2 aromatic heterocycles. The van der Waals surface area contributed by atoms with Crippen molar-refractivity contribution in [1.82, 2.24) is 0 Å². The summed E-state index contributed by atoms with van der Waals surface area (Å²) in [6, 6.07) is 85.2. The van der Waals surface area contributed by atoms with Crippen LogP contribution in [0.3, 0.4) is 0 Å². The van der Waals surface area contributed by atoms with Crippen LogP contribution in [0.25, 0.3) is 117 Å². The molecule has 70 heavy (non-hydrogen) atoms. The van der Waals surface area contributed by atoms with Crippen molar-refractivity contribution in [2.45, 2.75) is 0 Å². The van der Waals surface area contributed by atoms with Gasteiger partial charge in [-0.25, -0.2) is 0 Å². The molecule has 0 amide bonds. The van der Waals surface area contributed by atoms with Gasteiger partial charge in [0.05, 0.1) is 0 Å². The molecule has 2 heterocycles. The third-order valence-corrected chi connectivity index (χ3v) is 16.1. The second kappa shape index (κ2) is 18.8. The van der Waals surface area contributed by atoms with Gasteiger partial charge in [-0.2, -0.15) is 0 Å². The predicted octanol–water partition coefficient (Wildman–Crippen LogP) is 17.9. The Labute approximate surface area is 422 Å². The molecular formula is C64H42BBrO2S2. The first-order valence-electron chi connectivity index (χ1n) is 23.3. The summed E-state index contributed by atoms with van der Waals surface area (Å²) < 4.78 is 6.55. The normalized spacial score (nSPS) is 11.4.